The fourth-order valence-corrected chi connectivity index (χ4v) is 4.78. The fraction of sp³-hybridized carbons (Fsp3) is 0.375. The van der Waals surface area contributed by atoms with Crippen LogP contribution in [-0.4, -0.2) is 32.0 Å². The smallest absolute Gasteiger partial charge is 0.319 e. The van der Waals surface area contributed by atoms with Crippen molar-refractivity contribution in [1.29, 1.82) is 0 Å². The molecule has 0 saturated carbocycles. The fourth-order valence-electron chi connectivity index (χ4n) is 0.907. The van der Waals surface area contributed by atoms with E-state index in [9.17, 15) is 13.2 Å². The van der Waals surface area contributed by atoms with Crippen molar-refractivity contribution in [1.82, 2.24) is 4.72 Å². The Kier molecular flexibility index (Phi) is 5.83. The minimum Gasteiger partial charge on any atom is -0.468 e. The molecule has 0 aliphatic rings. The van der Waals surface area contributed by atoms with Gasteiger partial charge in [0.2, 0.25) is 10.0 Å². The molecule has 1 aromatic heterocycles. The van der Waals surface area contributed by atoms with Crippen molar-refractivity contribution in [3.8, 4) is 0 Å². The summed E-state index contributed by atoms with van der Waals surface area (Å²) in [6.07, 6.45) is 0. The summed E-state index contributed by atoms with van der Waals surface area (Å²) in [6, 6.07) is 3.15. The second-order valence-corrected chi connectivity index (χ2v) is 8.86. The van der Waals surface area contributed by atoms with Gasteiger partial charge in [-0.25, -0.2) is 13.1 Å². The lowest BCUT2D eigenvalue weighted by Gasteiger charge is -2.08. The maximum absolute atomic E-state index is 11.8. The first-order chi connectivity index (χ1) is 7.86. The predicted molar refractivity (Wildman–Crippen MR) is 77.0 cm³/mol. The monoisotopic (exact) mass is 453 g/mol. The Balaban J connectivity index is 2.66. The van der Waals surface area contributed by atoms with Crippen LogP contribution >= 0.6 is 49.9 Å². The number of hydrogen-bond donors (Lipinski definition) is 1. The molecular formula is C8H9BrINO4S2. The molecule has 1 unspecified atom stereocenters. The Morgan fingerprint density at radius 3 is 2.76 bits per heavy atom. The zero-order valence-corrected chi connectivity index (χ0v) is 14.0. The van der Waals surface area contributed by atoms with E-state index < -0.39 is 19.9 Å². The largest absolute Gasteiger partial charge is 0.468 e. The topological polar surface area (TPSA) is 72.5 Å². The summed E-state index contributed by atoms with van der Waals surface area (Å²) in [6.45, 7) is 0.00505. The number of thiophene rings is 1. The van der Waals surface area contributed by atoms with E-state index in [2.05, 4.69) is 25.4 Å². The van der Waals surface area contributed by atoms with Crippen LogP contribution in [0.15, 0.2) is 20.1 Å². The van der Waals surface area contributed by atoms with E-state index in [1.807, 2.05) is 22.6 Å². The molecule has 1 N–H and O–H groups in total. The molecule has 0 radical (unpaired) electrons. The van der Waals surface area contributed by atoms with Crippen molar-refractivity contribution < 1.29 is 17.9 Å². The zero-order valence-electron chi connectivity index (χ0n) is 8.64. The highest BCUT2D eigenvalue weighted by atomic mass is 127. The molecule has 1 aromatic rings. The normalized spacial score (nSPS) is 13.4. The van der Waals surface area contributed by atoms with Gasteiger partial charge in [-0.1, -0.05) is 22.6 Å². The Morgan fingerprint density at radius 2 is 2.29 bits per heavy atom. The molecule has 0 spiro atoms. The van der Waals surface area contributed by atoms with Crippen molar-refractivity contribution in [2.45, 2.75) is 8.13 Å². The number of hydrogen-bond acceptors (Lipinski definition) is 5. The van der Waals surface area contributed by atoms with Gasteiger partial charge < -0.3 is 4.74 Å². The number of halogens is 2. The van der Waals surface area contributed by atoms with Crippen LogP contribution in [-0.2, 0) is 19.6 Å². The number of carbonyl (C=O) groups excluding carboxylic acids is 1. The highest BCUT2D eigenvalue weighted by Crippen LogP contribution is 2.25. The molecule has 1 atom stereocenters. The third-order valence-corrected chi connectivity index (χ3v) is 6.21. The van der Waals surface area contributed by atoms with Crippen LogP contribution in [0.25, 0.3) is 0 Å². The summed E-state index contributed by atoms with van der Waals surface area (Å²) in [4.78, 5) is 11.1. The van der Waals surface area contributed by atoms with E-state index in [4.69, 9.17) is 0 Å². The van der Waals surface area contributed by atoms with Gasteiger partial charge in [-0.05, 0) is 28.1 Å². The number of alkyl halides is 1. The van der Waals surface area contributed by atoms with Crippen molar-refractivity contribution in [3.63, 3.8) is 0 Å². The van der Waals surface area contributed by atoms with Crippen LogP contribution < -0.4 is 4.72 Å². The maximum Gasteiger partial charge on any atom is 0.319 e. The van der Waals surface area contributed by atoms with Gasteiger partial charge in [-0.15, -0.1) is 11.3 Å². The molecule has 9 heteroatoms. The second-order valence-electron chi connectivity index (χ2n) is 2.90. The highest BCUT2D eigenvalue weighted by molar-refractivity contribution is 14.1. The molecule has 0 fully saturated rings. The number of esters is 1. The van der Waals surface area contributed by atoms with Crippen LogP contribution in [0.5, 0.6) is 0 Å². The van der Waals surface area contributed by atoms with E-state index in [0.29, 0.717) is 0 Å². The first kappa shape index (κ1) is 15.3. The Bertz CT molecular complexity index is 501. The molecule has 5 nitrogen and oxygen atoms in total. The summed E-state index contributed by atoms with van der Waals surface area (Å²) in [5.74, 6) is -0.458. The van der Waals surface area contributed by atoms with Crippen molar-refractivity contribution in [3.05, 3.63) is 15.9 Å². The third-order valence-electron chi connectivity index (χ3n) is 1.72. The van der Waals surface area contributed by atoms with Crippen LogP contribution in [0.4, 0.5) is 0 Å². The average Bonchev–Trinajstić information content (AvgIpc) is 2.72. The first-order valence-corrected chi connectivity index (χ1v) is 8.67. The minimum atomic E-state index is -3.55. The Hall–Kier alpha value is 0.290. The van der Waals surface area contributed by atoms with E-state index in [0.717, 1.165) is 15.1 Å². The van der Waals surface area contributed by atoms with Crippen molar-refractivity contribution in [2.24, 2.45) is 0 Å². The standard InChI is InChI=1S/C8H9BrINO4S2/c1-15-8(12)5(10)4-11-17(13,14)7-3-2-6(9)16-7/h2-3,5,11H,4H2,1H3. The molecule has 1 heterocycles. The van der Waals surface area contributed by atoms with Crippen LogP contribution in [0.3, 0.4) is 0 Å². The highest BCUT2D eigenvalue weighted by Gasteiger charge is 2.21. The summed E-state index contributed by atoms with van der Waals surface area (Å²) >= 11 is 6.12. The lowest BCUT2D eigenvalue weighted by Crippen LogP contribution is -2.33. The molecule has 0 bridgehead atoms. The quantitative estimate of drug-likeness (QED) is 0.419. The SMILES string of the molecule is COC(=O)C(I)CNS(=O)(=O)c1ccc(Br)s1. The summed E-state index contributed by atoms with van der Waals surface area (Å²) in [5, 5.41) is 0. The van der Waals surface area contributed by atoms with Gasteiger partial charge in [0.25, 0.3) is 0 Å². The van der Waals surface area contributed by atoms with Gasteiger partial charge in [-0.2, -0.15) is 0 Å². The number of ether oxygens (including phenoxy) is 1. The average molecular weight is 454 g/mol. The molecule has 0 amide bonds. The summed E-state index contributed by atoms with van der Waals surface area (Å²) in [5.41, 5.74) is 0. The third kappa shape index (κ3) is 4.47. The molecule has 96 valence electrons. The van der Waals surface area contributed by atoms with Gasteiger partial charge in [0, 0.05) is 6.54 Å². The molecule has 0 aromatic carbocycles. The molecule has 0 aliphatic carbocycles. The predicted octanol–water partition coefficient (Wildman–Crippen LogP) is 1.77. The number of carbonyl (C=O) groups is 1. The number of sulfonamides is 1. The summed E-state index contributed by atoms with van der Waals surface area (Å²) in [7, 11) is -2.29. The van der Waals surface area contributed by atoms with Crippen LogP contribution in [0.1, 0.15) is 0 Å². The van der Waals surface area contributed by atoms with Gasteiger partial charge in [0.15, 0.2) is 0 Å². The molecule has 0 aliphatic heterocycles. The van der Waals surface area contributed by atoms with E-state index >= 15 is 0 Å². The minimum absolute atomic E-state index is 0.00505. The van der Waals surface area contributed by atoms with Crippen molar-refractivity contribution >= 4 is 65.9 Å². The van der Waals surface area contributed by atoms with Gasteiger partial charge >= 0.3 is 5.97 Å². The zero-order chi connectivity index (χ0) is 13.1. The van der Waals surface area contributed by atoms with Crippen LogP contribution in [0, 0.1) is 0 Å². The lowest BCUT2D eigenvalue weighted by atomic mass is 10.4. The summed E-state index contributed by atoms with van der Waals surface area (Å²) < 4.78 is 30.8. The van der Waals surface area contributed by atoms with Gasteiger partial charge in [0.1, 0.15) is 8.13 Å². The number of methoxy groups -OCH3 is 1. The van der Waals surface area contributed by atoms with E-state index in [1.165, 1.54) is 13.2 Å². The molecule has 17 heavy (non-hydrogen) atoms. The lowest BCUT2D eigenvalue weighted by molar-refractivity contribution is -0.139. The van der Waals surface area contributed by atoms with E-state index in [-0.39, 0.29) is 10.8 Å². The Morgan fingerprint density at radius 1 is 1.65 bits per heavy atom. The maximum atomic E-state index is 11.8. The van der Waals surface area contributed by atoms with Gasteiger partial charge in [-0.3, -0.25) is 4.79 Å². The molecule has 1 rings (SSSR count). The van der Waals surface area contributed by atoms with Crippen molar-refractivity contribution in [2.75, 3.05) is 13.7 Å². The Labute approximate surface area is 125 Å². The molecule has 0 saturated heterocycles. The van der Waals surface area contributed by atoms with Crippen LogP contribution in [0.2, 0.25) is 0 Å². The second kappa shape index (κ2) is 6.45. The molecular weight excluding hydrogens is 445 g/mol. The number of nitrogens with one attached hydrogen (secondary N) is 1. The van der Waals surface area contributed by atoms with Gasteiger partial charge in [0.05, 0.1) is 10.9 Å². The number of rotatable bonds is 5. The van der Waals surface area contributed by atoms with E-state index in [1.54, 1.807) is 6.07 Å². The first-order valence-electron chi connectivity index (χ1n) is 4.33.